The molecule has 21 heavy (non-hydrogen) atoms. The molecule has 5 nitrogen and oxygen atoms in total. The molecule has 1 aliphatic rings. The third kappa shape index (κ3) is 3.44. The van der Waals surface area contributed by atoms with Gasteiger partial charge in [0.25, 0.3) is 0 Å². The van der Waals surface area contributed by atoms with Crippen molar-refractivity contribution < 1.29 is 17.9 Å². The number of nitrogens with zero attached hydrogens (tertiary/aromatic N) is 1. The zero-order chi connectivity index (χ0) is 15.5. The van der Waals surface area contributed by atoms with Crippen LogP contribution in [0.4, 0.5) is 0 Å². The minimum Gasteiger partial charge on any atom is -0.469 e. The van der Waals surface area contributed by atoms with Crippen LogP contribution in [0.2, 0.25) is 0 Å². The van der Waals surface area contributed by atoms with Crippen LogP contribution in [0, 0.1) is 5.92 Å². The Balaban J connectivity index is 2.19. The first kappa shape index (κ1) is 16.0. The summed E-state index contributed by atoms with van der Waals surface area (Å²) in [4.78, 5) is 11.9. The second-order valence-corrected chi connectivity index (χ2v) is 7.16. The molecular formula is C15H21NO4S. The molecule has 0 N–H and O–H groups in total. The molecule has 1 aromatic rings. The standard InChI is InChI=1S/C15H21NO4S/c1-3-12-6-8-14(9-7-12)21(18,19)16-10-4-5-13(11-16)15(17)20-2/h6-9,13H,3-5,10-11H2,1-2H3. The number of hydrogen-bond acceptors (Lipinski definition) is 4. The predicted molar refractivity (Wildman–Crippen MR) is 79.3 cm³/mol. The number of rotatable bonds is 4. The average Bonchev–Trinajstić information content (AvgIpc) is 2.54. The van der Waals surface area contributed by atoms with Crippen molar-refractivity contribution in [1.29, 1.82) is 0 Å². The van der Waals surface area contributed by atoms with Crippen LogP contribution in [0.1, 0.15) is 25.3 Å². The van der Waals surface area contributed by atoms with Gasteiger partial charge in [-0.25, -0.2) is 8.42 Å². The van der Waals surface area contributed by atoms with Crippen LogP contribution in [0.5, 0.6) is 0 Å². The third-order valence-corrected chi connectivity index (χ3v) is 5.77. The lowest BCUT2D eigenvalue weighted by Gasteiger charge is -2.30. The third-order valence-electron chi connectivity index (χ3n) is 3.89. The van der Waals surface area contributed by atoms with E-state index in [1.54, 1.807) is 12.1 Å². The van der Waals surface area contributed by atoms with Crippen molar-refractivity contribution in [2.75, 3.05) is 20.2 Å². The zero-order valence-corrected chi connectivity index (χ0v) is 13.2. The number of benzene rings is 1. The number of hydrogen-bond donors (Lipinski definition) is 0. The van der Waals surface area contributed by atoms with Gasteiger partial charge in [-0.15, -0.1) is 0 Å². The fourth-order valence-corrected chi connectivity index (χ4v) is 4.09. The summed E-state index contributed by atoms with van der Waals surface area (Å²) >= 11 is 0. The van der Waals surface area contributed by atoms with Crippen LogP contribution < -0.4 is 0 Å². The monoisotopic (exact) mass is 311 g/mol. The number of esters is 1. The number of carbonyl (C=O) groups is 1. The highest BCUT2D eigenvalue weighted by Crippen LogP contribution is 2.24. The predicted octanol–water partition coefficient (Wildman–Crippen LogP) is 1.82. The van der Waals surface area contributed by atoms with Gasteiger partial charge >= 0.3 is 5.97 Å². The SMILES string of the molecule is CCc1ccc(S(=O)(=O)N2CCCC(C(=O)OC)C2)cc1. The second-order valence-electron chi connectivity index (χ2n) is 5.22. The fraction of sp³-hybridized carbons (Fsp3) is 0.533. The highest BCUT2D eigenvalue weighted by Gasteiger charge is 2.33. The van der Waals surface area contributed by atoms with Crippen molar-refractivity contribution in [2.45, 2.75) is 31.1 Å². The molecule has 1 fully saturated rings. The van der Waals surface area contributed by atoms with Crippen LogP contribution in [0.15, 0.2) is 29.2 Å². The molecule has 0 saturated carbocycles. The molecule has 2 rings (SSSR count). The van der Waals surface area contributed by atoms with E-state index in [2.05, 4.69) is 0 Å². The smallest absolute Gasteiger partial charge is 0.309 e. The van der Waals surface area contributed by atoms with E-state index < -0.39 is 10.0 Å². The molecule has 1 aliphatic heterocycles. The van der Waals surface area contributed by atoms with E-state index in [4.69, 9.17) is 4.74 Å². The van der Waals surface area contributed by atoms with Crippen molar-refractivity contribution in [3.63, 3.8) is 0 Å². The maximum absolute atomic E-state index is 12.6. The van der Waals surface area contributed by atoms with Gasteiger partial charge < -0.3 is 4.74 Å². The lowest BCUT2D eigenvalue weighted by Crippen LogP contribution is -2.42. The van der Waals surface area contributed by atoms with Crippen LogP contribution in [0.3, 0.4) is 0 Å². The first-order valence-corrected chi connectivity index (χ1v) is 8.60. The molecular weight excluding hydrogens is 290 g/mol. The Bertz CT molecular complexity index is 595. The molecule has 6 heteroatoms. The Morgan fingerprint density at radius 2 is 2.00 bits per heavy atom. The lowest BCUT2D eigenvalue weighted by atomic mass is 10.0. The summed E-state index contributed by atoms with van der Waals surface area (Å²) in [6, 6.07) is 6.93. The van der Waals surface area contributed by atoms with Crippen molar-refractivity contribution in [3.8, 4) is 0 Å². The van der Waals surface area contributed by atoms with E-state index in [-0.39, 0.29) is 23.3 Å². The number of methoxy groups -OCH3 is 1. The van der Waals surface area contributed by atoms with Crippen molar-refractivity contribution in [1.82, 2.24) is 4.31 Å². The van der Waals surface area contributed by atoms with Gasteiger partial charge in [0.1, 0.15) is 0 Å². The van der Waals surface area contributed by atoms with E-state index >= 15 is 0 Å². The first-order valence-electron chi connectivity index (χ1n) is 7.16. The maximum Gasteiger partial charge on any atom is 0.309 e. The van der Waals surface area contributed by atoms with Crippen molar-refractivity contribution >= 4 is 16.0 Å². The summed E-state index contributed by atoms with van der Waals surface area (Å²) in [5, 5.41) is 0. The summed E-state index contributed by atoms with van der Waals surface area (Å²) in [6.45, 7) is 2.67. The van der Waals surface area contributed by atoms with E-state index in [0.717, 1.165) is 12.0 Å². The van der Waals surface area contributed by atoms with Gasteiger partial charge in [0.2, 0.25) is 10.0 Å². The molecule has 0 spiro atoms. The maximum atomic E-state index is 12.6. The van der Waals surface area contributed by atoms with E-state index in [1.165, 1.54) is 11.4 Å². The Hall–Kier alpha value is -1.40. The number of sulfonamides is 1. The molecule has 1 heterocycles. The topological polar surface area (TPSA) is 63.7 Å². The van der Waals surface area contributed by atoms with Gasteiger partial charge in [-0.05, 0) is 37.0 Å². The Kier molecular flexibility index (Phi) is 5.00. The summed E-state index contributed by atoms with van der Waals surface area (Å²) in [7, 11) is -2.20. The van der Waals surface area contributed by atoms with Gasteiger partial charge in [0.15, 0.2) is 0 Å². The minimum absolute atomic E-state index is 0.199. The van der Waals surface area contributed by atoms with Gasteiger partial charge in [-0.3, -0.25) is 4.79 Å². The zero-order valence-electron chi connectivity index (χ0n) is 12.4. The molecule has 1 unspecified atom stereocenters. The normalized spacial score (nSPS) is 20.2. The van der Waals surface area contributed by atoms with Gasteiger partial charge in [0, 0.05) is 13.1 Å². The molecule has 0 aliphatic carbocycles. The van der Waals surface area contributed by atoms with Crippen LogP contribution in [0.25, 0.3) is 0 Å². The van der Waals surface area contributed by atoms with E-state index in [0.29, 0.717) is 19.4 Å². The molecule has 116 valence electrons. The summed E-state index contributed by atoms with van der Waals surface area (Å²) < 4.78 is 31.3. The summed E-state index contributed by atoms with van der Waals surface area (Å²) in [5.41, 5.74) is 1.10. The van der Waals surface area contributed by atoms with Crippen molar-refractivity contribution in [3.05, 3.63) is 29.8 Å². The molecule has 0 bridgehead atoms. The summed E-state index contributed by atoms with van der Waals surface area (Å²) in [5.74, 6) is -0.704. The van der Waals surface area contributed by atoms with E-state index in [1.807, 2.05) is 19.1 Å². The Morgan fingerprint density at radius 1 is 1.33 bits per heavy atom. The van der Waals surface area contributed by atoms with Crippen molar-refractivity contribution in [2.24, 2.45) is 5.92 Å². The fourth-order valence-electron chi connectivity index (χ4n) is 2.57. The molecule has 0 amide bonds. The Morgan fingerprint density at radius 3 is 2.57 bits per heavy atom. The van der Waals surface area contributed by atoms with Crippen LogP contribution in [-0.4, -0.2) is 38.9 Å². The molecule has 0 aromatic heterocycles. The highest BCUT2D eigenvalue weighted by molar-refractivity contribution is 7.89. The molecule has 0 radical (unpaired) electrons. The number of ether oxygens (including phenoxy) is 1. The van der Waals surface area contributed by atoms with Gasteiger partial charge in [-0.1, -0.05) is 19.1 Å². The molecule has 1 atom stereocenters. The van der Waals surface area contributed by atoms with Crippen LogP contribution >= 0.6 is 0 Å². The lowest BCUT2D eigenvalue weighted by molar-refractivity contribution is -0.146. The second kappa shape index (κ2) is 6.58. The molecule has 1 saturated heterocycles. The highest BCUT2D eigenvalue weighted by atomic mass is 32.2. The van der Waals surface area contributed by atoms with Gasteiger partial charge in [0.05, 0.1) is 17.9 Å². The number of carbonyl (C=O) groups excluding carboxylic acids is 1. The number of aryl methyl sites for hydroxylation is 1. The Labute approximate surface area is 126 Å². The first-order chi connectivity index (χ1) is 9.98. The van der Waals surface area contributed by atoms with E-state index in [9.17, 15) is 13.2 Å². The molecule has 1 aromatic carbocycles. The quantitative estimate of drug-likeness (QED) is 0.796. The minimum atomic E-state index is -3.54. The summed E-state index contributed by atoms with van der Waals surface area (Å²) in [6.07, 6.45) is 2.22. The average molecular weight is 311 g/mol. The van der Waals surface area contributed by atoms with Gasteiger partial charge in [-0.2, -0.15) is 4.31 Å². The van der Waals surface area contributed by atoms with Crippen LogP contribution in [-0.2, 0) is 26.0 Å². The number of piperidine rings is 1. The largest absolute Gasteiger partial charge is 0.469 e.